The molecule has 3 rings (SSSR count). The van der Waals surface area contributed by atoms with Crippen molar-refractivity contribution >= 4 is 16.2 Å². The van der Waals surface area contributed by atoms with Crippen molar-refractivity contribution in [1.82, 2.24) is 19.2 Å². The molecule has 1 aromatic carbocycles. The van der Waals surface area contributed by atoms with Gasteiger partial charge in [0.05, 0.1) is 17.3 Å². The van der Waals surface area contributed by atoms with E-state index in [2.05, 4.69) is 33.4 Å². The van der Waals surface area contributed by atoms with Crippen LogP contribution >= 0.6 is 0 Å². The summed E-state index contributed by atoms with van der Waals surface area (Å²) >= 11 is 0. The predicted molar refractivity (Wildman–Crippen MR) is 111 cm³/mol. The minimum Gasteiger partial charge on any atom is -0.303 e. The van der Waals surface area contributed by atoms with Crippen molar-refractivity contribution in [1.29, 1.82) is 0 Å². The fraction of sp³-hybridized carbons (Fsp3) is 0.300. The number of aryl methyl sites for hydroxylation is 2. The van der Waals surface area contributed by atoms with Gasteiger partial charge in [-0.15, -0.1) is 0 Å². The molecule has 0 unspecified atom stereocenters. The summed E-state index contributed by atoms with van der Waals surface area (Å²) in [5, 5.41) is 8.36. The Balaban J connectivity index is 1.86. The zero-order valence-electron chi connectivity index (χ0n) is 16.7. The third kappa shape index (κ3) is 3.87. The molecule has 0 radical (unpaired) electrons. The molecule has 0 saturated heterocycles. The molecule has 7 nitrogen and oxygen atoms in total. The number of rotatable bonds is 6. The Kier molecular flexibility index (Phi) is 5.42. The third-order valence-electron chi connectivity index (χ3n) is 4.55. The number of aromatic nitrogens is 3. The maximum Gasteiger partial charge on any atom is 0.276 e. The van der Waals surface area contributed by atoms with E-state index in [9.17, 15) is 8.42 Å². The Morgan fingerprint density at radius 3 is 2.43 bits per heavy atom. The minimum atomic E-state index is -3.69. The first-order valence-corrected chi connectivity index (χ1v) is 10.5. The van der Waals surface area contributed by atoms with Gasteiger partial charge in [0.2, 0.25) is 0 Å². The SMILES string of the molecule is Cc1ccc(S(=O)(=O)N/N=C\c2cc(C)n(-c3ccnn3C(C)C)c2C)cc1. The van der Waals surface area contributed by atoms with E-state index in [0.717, 1.165) is 28.3 Å². The quantitative estimate of drug-likeness (QED) is 0.509. The maximum atomic E-state index is 12.4. The molecule has 0 saturated carbocycles. The van der Waals surface area contributed by atoms with E-state index in [4.69, 9.17) is 0 Å². The average Bonchev–Trinajstić information content (AvgIpc) is 3.20. The standard InChI is InChI=1S/C20H25N5O2S/c1-14(2)25-20(10-11-22-25)24-16(4)12-18(17(24)5)13-21-23-28(26,27)19-8-6-15(3)7-9-19/h6-14,23H,1-5H3/b21-13-. The first-order chi connectivity index (χ1) is 13.2. The summed E-state index contributed by atoms with van der Waals surface area (Å²) in [7, 11) is -3.69. The third-order valence-corrected chi connectivity index (χ3v) is 5.78. The Hall–Kier alpha value is -2.87. The number of hydrogen-bond donors (Lipinski definition) is 1. The first-order valence-electron chi connectivity index (χ1n) is 9.05. The van der Waals surface area contributed by atoms with Crippen molar-refractivity contribution in [3.63, 3.8) is 0 Å². The van der Waals surface area contributed by atoms with E-state index in [1.807, 2.05) is 37.6 Å². The van der Waals surface area contributed by atoms with Crippen LogP contribution in [-0.4, -0.2) is 29.0 Å². The fourth-order valence-electron chi connectivity index (χ4n) is 3.09. The summed E-state index contributed by atoms with van der Waals surface area (Å²) in [6, 6.07) is 10.8. The second-order valence-electron chi connectivity index (χ2n) is 7.06. The highest BCUT2D eigenvalue weighted by molar-refractivity contribution is 7.89. The largest absolute Gasteiger partial charge is 0.303 e. The number of hydrogen-bond acceptors (Lipinski definition) is 4. The Morgan fingerprint density at radius 1 is 1.11 bits per heavy atom. The summed E-state index contributed by atoms with van der Waals surface area (Å²) in [6.45, 7) is 10.0. The minimum absolute atomic E-state index is 0.182. The van der Waals surface area contributed by atoms with E-state index in [1.165, 1.54) is 6.21 Å². The molecule has 0 aliphatic heterocycles. The van der Waals surface area contributed by atoms with E-state index in [1.54, 1.807) is 30.5 Å². The molecule has 1 N–H and O–H groups in total. The van der Waals surface area contributed by atoms with Crippen molar-refractivity contribution in [2.45, 2.75) is 45.6 Å². The molecule has 0 fully saturated rings. The summed E-state index contributed by atoms with van der Waals surface area (Å²) in [6.07, 6.45) is 3.30. The fourth-order valence-corrected chi connectivity index (χ4v) is 3.88. The van der Waals surface area contributed by atoms with Crippen LogP contribution in [0.2, 0.25) is 0 Å². The molecule has 148 valence electrons. The summed E-state index contributed by atoms with van der Waals surface area (Å²) in [4.78, 5) is 2.46. The van der Waals surface area contributed by atoms with Crippen LogP contribution in [0, 0.1) is 20.8 Å². The van der Waals surface area contributed by atoms with Gasteiger partial charge in [-0.1, -0.05) is 17.7 Å². The molecular weight excluding hydrogens is 374 g/mol. The van der Waals surface area contributed by atoms with Crippen LogP contribution in [0.5, 0.6) is 0 Å². The van der Waals surface area contributed by atoms with E-state index in [-0.39, 0.29) is 10.9 Å². The normalized spacial score (nSPS) is 12.2. The van der Waals surface area contributed by atoms with Crippen LogP contribution in [-0.2, 0) is 10.0 Å². The van der Waals surface area contributed by atoms with Crippen LogP contribution in [0.1, 0.15) is 42.4 Å². The van der Waals surface area contributed by atoms with Gasteiger partial charge in [-0.2, -0.15) is 18.6 Å². The highest BCUT2D eigenvalue weighted by Gasteiger charge is 2.15. The Labute approximate surface area is 165 Å². The molecule has 2 aromatic heterocycles. The van der Waals surface area contributed by atoms with Gasteiger partial charge in [-0.25, -0.2) is 9.51 Å². The Bertz CT molecular complexity index is 1110. The van der Waals surface area contributed by atoms with Crippen LogP contribution in [0.15, 0.2) is 52.6 Å². The van der Waals surface area contributed by atoms with Gasteiger partial charge in [-0.3, -0.25) is 0 Å². The number of hydrazone groups is 1. The van der Waals surface area contributed by atoms with Gasteiger partial charge in [-0.05, 0) is 52.8 Å². The monoisotopic (exact) mass is 399 g/mol. The van der Waals surface area contributed by atoms with Crippen LogP contribution in [0.25, 0.3) is 5.82 Å². The lowest BCUT2D eigenvalue weighted by Gasteiger charge is -2.15. The van der Waals surface area contributed by atoms with Crippen molar-refractivity contribution in [3.05, 3.63) is 65.1 Å². The Morgan fingerprint density at radius 2 is 1.79 bits per heavy atom. The van der Waals surface area contributed by atoms with E-state index < -0.39 is 10.0 Å². The lowest BCUT2D eigenvalue weighted by atomic mass is 10.2. The van der Waals surface area contributed by atoms with Gasteiger partial charge >= 0.3 is 0 Å². The van der Waals surface area contributed by atoms with Crippen molar-refractivity contribution in [3.8, 4) is 5.82 Å². The van der Waals surface area contributed by atoms with Crippen LogP contribution in [0.4, 0.5) is 0 Å². The second kappa shape index (κ2) is 7.63. The smallest absolute Gasteiger partial charge is 0.276 e. The maximum absolute atomic E-state index is 12.4. The number of benzene rings is 1. The zero-order chi connectivity index (χ0) is 20.5. The lowest BCUT2D eigenvalue weighted by Crippen LogP contribution is -2.18. The average molecular weight is 400 g/mol. The highest BCUT2D eigenvalue weighted by Crippen LogP contribution is 2.21. The molecular formula is C20H25N5O2S. The van der Waals surface area contributed by atoms with Crippen LogP contribution in [0.3, 0.4) is 0 Å². The van der Waals surface area contributed by atoms with Crippen molar-refractivity contribution in [2.24, 2.45) is 5.10 Å². The van der Waals surface area contributed by atoms with Gasteiger partial charge in [0.15, 0.2) is 0 Å². The van der Waals surface area contributed by atoms with Gasteiger partial charge in [0.1, 0.15) is 5.82 Å². The summed E-state index contributed by atoms with van der Waals surface area (Å²) in [5.74, 6) is 0.963. The van der Waals surface area contributed by atoms with Gasteiger partial charge in [0.25, 0.3) is 10.0 Å². The second-order valence-corrected chi connectivity index (χ2v) is 8.72. The molecule has 2 heterocycles. The molecule has 0 bridgehead atoms. The van der Waals surface area contributed by atoms with E-state index in [0.29, 0.717) is 0 Å². The molecule has 0 atom stereocenters. The topological polar surface area (TPSA) is 81.3 Å². The molecule has 28 heavy (non-hydrogen) atoms. The molecule has 0 aliphatic rings. The number of sulfonamides is 1. The highest BCUT2D eigenvalue weighted by atomic mass is 32.2. The van der Waals surface area contributed by atoms with Crippen LogP contribution < -0.4 is 4.83 Å². The number of nitrogens with zero attached hydrogens (tertiary/aromatic N) is 4. The molecule has 3 aromatic rings. The lowest BCUT2D eigenvalue weighted by molar-refractivity contribution is 0.519. The van der Waals surface area contributed by atoms with Gasteiger partial charge < -0.3 is 4.57 Å². The van der Waals surface area contributed by atoms with E-state index >= 15 is 0 Å². The predicted octanol–water partition coefficient (Wildman–Crippen LogP) is 3.49. The molecule has 0 spiro atoms. The summed E-state index contributed by atoms with van der Waals surface area (Å²) < 4.78 is 28.7. The first kappa shape index (κ1) is 19.9. The summed E-state index contributed by atoms with van der Waals surface area (Å²) in [5.41, 5.74) is 3.80. The van der Waals surface area contributed by atoms with Gasteiger partial charge in [0, 0.05) is 29.1 Å². The van der Waals surface area contributed by atoms with Crippen molar-refractivity contribution in [2.75, 3.05) is 0 Å². The molecule has 0 aliphatic carbocycles. The van der Waals surface area contributed by atoms with Crippen molar-refractivity contribution < 1.29 is 8.42 Å². The molecule has 8 heteroatoms. The number of nitrogens with one attached hydrogen (secondary N) is 1. The zero-order valence-corrected chi connectivity index (χ0v) is 17.5. The molecule has 0 amide bonds.